The molecule has 1 aromatic heterocycles. The molecule has 1 aliphatic rings. The van der Waals surface area contributed by atoms with Gasteiger partial charge in [0, 0.05) is 31.1 Å². The molecule has 1 atom stereocenters. The van der Waals surface area contributed by atoms with Crippen LogP contribution in [0.4, 0.5) is 18.9 Å². The van der Waals surface area contributed by atoms with Gasteiger partial charge in [0.25, 0.3) is 5.91 Å². The average molecular weight is 433 g/mol. The lowest BCUT2D eigenvalue weighted by Crippen LogP contribution is -2.51. The van der Waals surface area contributed by atoms with Gasteiger partial charge >= 0.3 is 0 Å². The van der Waals surface area contributed by atoms with E-state index in [1.54, 1.807) is 0 Å². The Morgan fingerprint density at radius 2 is 1.90 bits per heavy atom. The first kappa shape index (κ1) is 21.1. The highest BCUT2D eigenvalue weighted by atomic mass is 32.2. The number of nitrogens with one attached hydrogen (secondary N) is 2. The van der Waals surface area contributed by atoms with Crippen LogP contribution >= 0.6 is 0 Å². The van der Waals surface area contributed by atoms with Crippen molar-refractivity contribution in [3.8, 4) is 5.75 Å². The van der Waals surface area contributed by atoms with Crippen molar-refractivity contribution in [2.45, 2.75) is 30.4 Å². The number of ether oxygens (including phenoxy) is 1. The molecule has 158 valence electrons. The third-order valence-corrected chi connectivity index (χ3v) is 5.86. The van der Waals surface area contributed by atoms with Gasteiger partial charge in [0.2, 0.25) is 10.0 Å². The van der Waals surface area contributed by atoms with E-state index < -0.39 is 45.0 Å². The molecule has 0 aliphatic carbocycles. The second-order valence-corrected chi connectivity index (χ2v) is 8.81. The fraction of sp³-hybridized carbons (Fsp3) is 0.353. The number of carbonyl (C=O) groups excluding carboxylic acids is 1. The van der Waals surface area contributed by atoms with Gasteiger partial charge in [-0.15, -0.1) is 0 Å². The van der Waals surface area contributed by atoms with Crippen LogP contribution in [0.3, 0.4) is 0 Å². The molecule has 0 saturated heterocycles. The standard InChI is InChI=1S/C17H18F3N3O5S/c1-17(2,25)12-7-28-15-11(29(26,27)22-12)6-23(3)14(15)16(24)21-8-4-9(18)13(20)10(19)5-8/h4-6,12,22,25H,7H2,1-3H3,(H,21,24)/t12-/m1/s1. The molecule has 0 spiro atoms. The van der Waals surface area contributed by atoms with Gasteiger partial charge in [-0.1, -0.05) is 0 Å². The molecule has 29 heavy (non-hydrogen) atoms. The monoisotopic (exact) mass is 433 g/mol. The summed E-state index contributed by atoms with van der Waals surface area (Å²) in [5.41, 5.74) is -2.07. The van der Waals surface area contributed by atoms with E-state index in [-0.39, 0.29) is 28.6 Å². The molecule has 8 nitrogen and oxygen atoms in total. The van der Waals surface area contributed by atoms with Gasteiger partial charge in [-0.2, -0.15) is 0 Å². The lowest BCUT2D eigenvalue weighted by atomic mass is 10.0. The zero-order chi connectivity index (χ0) is 21.7. The van der Waals surface area contributed by atoms with Crippen molar-refractivity contribution in [1.29, 1.82) is 0 Å². The van der Waals surface area contributed by atoms with Gasteiger partial charge in [-0.05, 0) is 13.8 Å². The quantitative estimate of drug-likeness (QED) is 0.636. The fourth-order valence-corrected chi connectivity index (χ4v) is 4.34. The molecule has 0 fully saturated rings. The molecule has 1 aromatic carbocycles. The molecule has 1 amide bonds. The Labute approximate surface area is 164 Å². The summed E-state index contributed by atoms with van der Waals surface area (Å²) in [6.07, 6.45) is 1.13. The predicted molar refractivity (Wildman–Crippen MR) is 95.6 cm³/mol. The Kier molecular flexibility index (Phi) is 5.13. The number of carbonyl (C=O) groups is 1. The van der Waals surface area contributed by atoms with Crippen molar-refractivity contribution in [2.24, 2.45) is 7.05 Å². The third-order valence-electron chi connectivity index (χ3n) is 4.39. The second-order valence-electron chi connectivity index (χ2n) is 7.13. The van der Waals surface area contributed by atoms with E-state index in [1.807, 2.05) is 0 Å². The molecule has 3 rings (SSSR count). The van der Waals surface area contributed by atoms with Gasteiger partial charge in [-0.3, -0.25) is 4.79 Å². The van der Waals surface area contributed by atoms with Crippen molar-refractivity contribution in [3.05, 3.63) is 41.5 Å². The predicted octanol–water partition coefficient (Wildman–Crippen LogP) is 1.50. The van der Waals surface area contributed by atoms with Crippen molar-refractivity contribution >= 4 is 21.6 Å². The first-order chi connectivity index (χ1) is 13.3. The zero-order valence-electron chi connectivity index (χ0n) is 15.6. The molecule has 1 aliphatic heterocycles. The van der Waals surface area contributed by atoms with Crippen LogP contribution in [0, 0.1) is 17.5 Å². The van der Waals surface area contributed by atoms with Crippen molar-refractivity contribution in [3.63, 3.8) is 0 Å². The normalized spacial score (nSPS) is 18.5. The number of amides is 1. The average Bonchev–Trinajstić information content (AvgIpc) is 2.86. The molecule has 2 heterocycles. The van der Waals surface area contributed by atoms with E-state index in [9.17, 15) is 31.5 Å². The number of aliphatic hydroxyl groups is 1. The Balaban J connectivity index is 1.99. The topological polar surface area (TPSA) is 110 Å². The lowest BCUT2D eigenvalue weighted by molar-refractivity contribution is 0.0288. The van der Waals surface area contributed by atoms with E-state index in [0.29, 0.717) is 12.1 Å². The number of aromatic nitrogens is 1. The smallest absolute Gasteiger partial charge is 0.276 e. The van der Waals surface area contributed by atoms with Crippen LogP contribution in [0.5, 0.6) is 5.75 Å². The summed E-state index contributed by atoms with van der Waals surface area (Å²) < 4.78 is 74.1. The second kappa shape index (κ2) is 7.04. The van der Waals surface area contributed by atoms with E-state index in [1.165, 1.54) is 25.5 Å². The first-order valence-electron chi connectivity index (χ1n) is 8.34. The minimum Gasteiger partial charge on any atom is -0.488 e. The highest BCUT2D eigenvalue weighted by molar-refractivity contribution is 7.89. The number of anilines is 1. The number of rotatable bonds is 3. The fourth-order valence-electron chi connectivity index (χ4n) is 2.79. The summed E-state index contributed by atoms with van der Waals surface area (Å²) in [6.45, 7) is 2.51. The maximum atomic E-state index is 13.4. The van der Waals surface area contributed by atoms with Crippen LogP contribution in [0.25, 0.3) is 0 Å². The highest BCUT2D eigenvalue weighted by Gasteiger charge is 2.39. The van der Waals surface area contributed by atoms with Crippen molar-refractivity contribution in [1.82, 2.24) is 9.29 Å². The molecular formula is C17H18F3N3O5S. The maximum absolute atomic E-state index is 13.4. The number of sulfonamides is 1. The molecule has 0 unspecified atom stereocenters. The summed E-state index contributed by atoms with van der Waals surface area (Å²) >= 11 is 0. The lowest BCUT2D eigenvalue weighted by Gasteiger charge is -2.27. The largest absolute Gasteiger partial charge is 0.488 e. The number of hydrogen-bond acceptors (Lipinski definition) is 5. The van der Waals surface area contributed by atoms with Gasteiger partial charge in [0.1, 0.15) is 11.5 Å². The third kappa shape index (κ3) is 3.95. The highest BCUT2D eigenvalue weighted by Crippen LogP contribution is 2.34. The summed E-state index contributed by atoms with van der Waals surface area (Å²) in [5.74, 6) is -5.90. The van der Waals surface area contributed by atoms with Gasteiger partial charge in [0.05, 0.1) is 11.6 Å². The van der Waals surface area contributed by atoms with Crippen LogP contribution in [-0.4, -0.2) is 42.2 Å². The van der Waals surface area contributed by atoms with Crippen molar-refractivity contribution < 1.29 is 36.2 Å². The Morgan fingerprint density at radius 1 is 1.31 bits per heavy atom. The van der Waals surface area contributed by atoms with Crippen LogP contribution in [0.15, 0.2) is 23.2 Å². The molecule has 0 radical (unpaired) electrons. The van der Waals surface area contributed by atoms with E-state index >= 15 is 0 Å². The molecule has 2 aromatic rings. The zero-order valence-corrected chi connectivity index (χ0v) is 16.4. The molecule has 0 saturated carbocycles. The molecule has 12 heteroatoms. The first-order valence-corrected chi connectivity index (χ1v) is 9.82. The maximum Gasteiger partial charge on any atom is 0.276 e. The van der Waals surface area contributed by atoms with Crippen LogP contribution in [0.2, 0.25) is 0 Å². The van der Waals surface area contributed by atoms with Gasteiger partial charge in [-0.25, -0.2) is 26.3 Å². The van der Waals surface area contributed by atoms with E-state index in [4.69, 9.17) is 4.74 Å². The minimum atomic E-state index is -4.14. The summed E-state index contributed by atoms with van der Waals surface area (Å²) in [4.78, 5) is 12.3. The van der Waals surface area contributed by atoms with Crippen molar-refractivity contribution in [2.75, 3.05) is 11.9 Å². The number of benzene rings is 1. The number of aryl methyl sites for hydroxylation is 1. The summed E-state index contributed by atoms with van der Waals surface area (Å²) in [6, 6.07) is 0.171. The molecular weight excluding hydrogens is 415 g/mol. The van der Waals surface area contributed by atoms with Crippen LogP contribution in [0.1, 0.15) is 24.3 Å². The molecule has 0 bridgehead atoms. The minimum absolute atomic E-state index is 0.244. The molecule has 3 N–H and O–H groups in total. The van der Waals surface area contributed by atoms with Gasteiger partial charge in [0.15, 0.2) is 28.9 Å². The van der Waals surface area contributed by atoms with E-state index in [2.05, 4.69) is 10.0 Å². The Hall–Kier alpha value is -2.57. The van der Waals surface area contributed by atoms with E-state index in [0.717, 1.165) is 6.20 Å². The number of nitrogens with zero attached hydrogens (tertiary/aromatic N) is 1. The summed E-state index contributed by atoms with van der Waals surface area (Å²) in [5, 5.41) is 12.3. The number of fused-ring (bicyclic) bond motifs is 1. The van der Waals surface area contributed by atoms with Crippen LogP contribution < -0.4 is 14.8 Å². The Bertz CT molecular complexity index is 1070. The summed E-state index contributed by atoms with van der Waals surface area (Å²) in [7, 11) is -2.77. The van der Waals surface area contributed by atoms with Crippen LogP contribution in [-0.2, 0) is 17.1 Å². The number of halogens is 3. The SMILES string of the molecule is Cn1cc2c(c1C(=O)Nc1cc(F)c(F)c(F)c1)OC[C@H](C(C)(C)O)NS2(=O)=O. The number of hydrogen-bond donors (Lipinski definition) is 3. The Morgan fingerprint density at radius 3 is 2.45 bits per heavy atom. The van der Waals surface area contributed by atoms with Gasteiger partial charge < -0.3 is 19.7 Å².